The molecule has 4 heteroatoms. The van der Waals surface area contributed by atoms with E-state index in [1.807, 2.05) is 42.5 Å². The summed E-state index contributed by atoms with van der Waals surface area (Å²) in [6.45, 7) is 0. The molecule has 0 fully saturated rings. The molecule has 1 aliphatic heterocycles. The number of fused-ring (bicyclic) bond motifs is 12. The van der Waals surface area contributed by atoms with E-state index >= 15 is 0 Å². The van der Waals surface area contributed by atoms with Crippen LogP contribution in [0, 0.1) is 0 Å². The van der Waals surface area contributed by atoms with Crippen LogP contribution < -0.4 is 9.64 Å². The average Bonchev–Trinajstić information content (AvgIpc) is 3.76. The van der Waals surface area contributed by atoms with Gasteiger partial charge in [-0.15, -0.1) is 0 Å². The van der Waals surface area contributed by atoms with E-state index in [0.29, 0.717) is 5.82 Å². The molecule has 1 aromatic heterocycles. The summed E-state index contributed by atoms with van der Waals surface area (Å²) in [7, 11) is 0. The van der Waals surface area contributed by atoms with Gasteiger partial charge in [-0.25, -0.2) is 9.97 Å². The maximum atomic E-state index is 6.29. The standard InChI is InChI=1S/C53H33N3O/c1-2-15-34(16-3-1)45-33-46(55-52(54-45)35-29-31-36(32-30-35)56-47-25-10-12-27-49(47)57-50-28-13-11-26-48(50)56)40-20-14-24-44-51(40)39-19-6-9-23-43(39)53(44)41-21-7-4-17-37(41)38-18-5-8-22-42(38)53/h1-33H. The van der Waals surface area contributed by atoms with E-state index in [1.165, 1.54) is 44.5 Å². The smallest absolute Gasteiger partial charge is 0.160 e. The Kier molecular flexibility index (Phi) is 6.81. The quantitative estimate of drug-likeness (QED) is 0.181. The second-order valence-electron chi connectivity index (χ2n) is 14.9. The molecule has 9 aromatic rings. The molecule has 266 valence electrons. The van der Waals surface area contributed by atoms with Crippen LogP contribution in [0.4, 0.5) is 17.1 Å². The Morgan fingerprint density at radius 3 is 1.56 bits per heavy atom. The molecule has 0 bridgehead atoms. The highest BCUT2D eigenvalue weighted by Gasteiger charge is 2.52. The predicted molar refractivity (Wildman–Crippen MR) is 229 cm³/mol. The third-order valence-electron chi connectivity index (χ3n) is 11.9. The number of hydrogen-bond donors (Lipinski definition) is 0. The summed E-state index contributed by atoms with van der Waals surface area (Å²) in [4.78, 5) is 12.9. The van der Waals surface area contributed by atoms with Gasteiger partial charge in [-0.1, -0.05) is 146 Å². The highest BCUT2D eigenvalue weighted by Crippen LogP contribution is 2.64. The topological polar surface area (TPSA) is 38.2 Å². The monoisotopic (exact) mass is 727 g/mol. The number of para-hydroxylation sites is 4. The summed E-state index contributed by atoms with van der Waals surface area (Å²) in [5, 5.41) is 0. The molecule has 0 saturated heterocycles. The Labute approximate surface area is 331 Å². The fraction of sp³-hybridized carbons (Fsp3) is 0.0189. The zero-order valence-electron chi connectivity index (χ0n) is 30.8. The van der Waals surface area contributed by atoms with E-state index in [-0.39, 0.29) is 0 Å². The molecule has 0 amide bonds. The zero-order chi connectivity index (χ0) is 37.5. The van der Waals surface area contributed by atoms with Crippen molar-refractivity contribution in [2.45, 2.75) is 5.41 Å². The maximum Gasteiger partial charge on any atom is 0.160 e. The number of rotatable bonds is 4. The Morgan fingerprint density at radius 2 is 0.895 bits per heavy atom. The van der Waals surface area contributed by atoms with Crippen LogP contribution in [0.15, 0.2) is 200 Å². The summed E-state index contributed by atoms with van der Waals surface area (Å²) in [5.41, 5.74) is 17.8. The minimum atomic E-state index is -0.431. The first-order valence-corrected chi connectivity index (χ1v) is 19.4. The molecule has 57 heavy (non-hydrogen) atoms. The van der Waals surface area contributed by atoms with Gasteiger partial charge in [-0.2, -0.15) is 0 Å². The van der Waals surface area contributed by atoms with Crippen molar-refractivity contribution in [3.63, 3.8) is 0 Å². The van der Waals surface area contributed by atoms with Crippen LogP contribution in [-0.2, 0) is 5.41 Å². The van der Waals surface area contributed by atoms with E-state index in [2.05, 4.69) is 163 Å². The van der Waals surface area contributed by atoms with Gasteiger partial charge in [-0.3, -0.25) is 0 Å². The van der Waals surface area contributed by atoms with Crippen LogP contribution in [0.1, 0.15) is 22.3 Å². The van der Waals surface area contributed by atoms with Gasteiger partial charge in [-0.05, 0) is 99.1 Å². The lowest BCUT2D eigenvalue weighted by molar-refractivity contribution is 0.477. The number of benzene rings is 8. The lowest BCUT2D eigenvalue weighted by Crippen LogP contribution is -2.25. The van der Waals surface area contributed by atoms with Crippen molar-refractivity contribution in [2.24, 2.45) is 0 Å². The highest BCUT2D eigenvalue weighted by molar-refractivity contribution is 6.00. The molecule has 2 heterocycles. The second-order valence-corrected chi connectivity index (χ2v) is 14.9. The lowest BCUT2D eigenvalue weighted by Gasteiger charge is -2.32. The van der Waals surface area contributed by atoms with Crippen molar-refractivity contribution >= 4 is 17.1 Å². The fourth-order valence-corrected chi connectivity index (χ4v) is 9.57. The predicted octanol–water partition coefficient (Wildman–Crippen LogP) is 13.4. The Bertz CT molecular complexity index is 2970. The number of anilines is 3. The third-order valence-corrected chi connectivity index (χ3v) is 11.9. The van der Waals surface area contributed by atoms with Gasteiger partial charge in [0, 0.05) is 22.4 Å². The van der Waals surface area contributed by atoms with Crippen LogP contribution in [0.3, 0.4) is 0 Å². The van der Waals surface area contributed by atoms with Crippen molar-refractivity contribution in [3.8, 4) is 67.7 Å². The summed E-state index contributed by atoms with van der Waals surface area (Å²) in [6, 6.07) is 71.1. The molecule has 8 aromatic carbocycles. The lowest BCUT2D eigenvalue weighted by atomic mass is 9.70. The van der Waals surface area contributed by atoms with Crippen LogP contribution in [0.2, 0.25) is 0 Å². The third kappa shape index (κ3) is 4.56. The molecule has 0 unspecified atom stereocenters. The van der Waals surface area contributed by atoms with Crippen molar-refractivity contribution in [2.75, 3.05) is 4.90 Å². The van der Waals surface area contributed by atoms with Gasteiger partial charge in [0.05, 0.1) is 28.2 Å². The Balaban J connectivity index is 1.05. The van der Waals surface area contributed by atoms with E-state index in [1.54, 1.807) is 0 Å². The molecular formula is C53H33N3O. The summed E-state index contributed by atoms with van der Waals surface area (Å²) in [6.07, 6.45) is 0. The molecular weight excluding hydrogens is 695 g/mol. The summed E-state index contributed by atoms with van der Waals surface area (Å²) < 4.78 is 6.29. The SMILES string of the molecule is c1ccc(-c2cc(-c3cccc4c3-c3ccccc3C43c4ccccc4-c4ccccc43)nc(-c3ccc(N4c5ccccc5Oc5ccccc54)cc3)n2)cc1. The van der Waals surface area contributed by atoms with E-state index in [0.717, 1.165) is 56.6 Å². The highest BCUT2D eigenvalue weighted by atomic mass is 16.5. The molecule has 2 aliphatic carbocycles. The van der Waals surface area contributed by atoms with Gasteiger partial charge in [0.25, 0.3) is 0 Å². The fourth-order valence-electron chi connectivity index (χ4n) is 9.57. The van der Waals surface area contributed by atoms with Crippen molar-refractivity contribution in [1.82, 2.24) is 9.97 Å². The first-order valence-electron chi connectivity index (χ1n) is 19.4. The molecule has 4 nitrogen and oxygen atoms in total. The first kappa shape index (κ1) is 31.8. The number of nitrogens with zero attached hydrogens (tertiary/aromatic N) is 3. The molecule has 0 radical (unpaired) electrons. The van der Waals surface area contributed by atoms with Crippen LogP contribution >= 0.6 is 0 Å². The normalized spacial score (nSPS) is 13.5. The van der Waals surface area contributed by atoms with Crippen molar-refractivity contribution < 1.29 is 4.74 Å². The number of ether oxygens (including phenoxy) is 1. The summed E-state index contributed by atoms with van der Waals surface area (Å²) in [5.74, 6) is 2.33. The Morgan fingerprint density at radius 1 is 0.386 bits per heavy atom. The van der Waals surface area contributed by atoms with Crippen LogP contribution in [0.25, 0.3) is 56.2 Å². The van der Waals surface area contributed by atoms with E-state index < -0.39 is 5.41 Å². The number of hydrogen-bond acceptors (Lipinski definition) is 4. The molecule has 0 atom stereocenters. The van der Waals surface area contributed by atoms with Gasteiger partial charge >= 0.3 is 0 Å². The minimum Gasteiger partial charge on any atom is -0.453 e. The zero-order valence-corrected chi connectivity index (χ0v) is 30.8. The minimum absolute atomic E-state index is 0.431. The first-order chi connectivity index (χ1) is 28.3. The van der Waals surface area contributed by atoms with Crippen LogP contribution in [-0.4, -0.2) is 9.97 Å². The molecule has 3 aliphatic rings. The van der Waals surface area contributed by atoms with Crippen LogP contribution in [0.5, 0.6) is 11.5 Å². The maximum absolute atomic E-state index is 6.29. The van der Waals surface area contributed by atoms with E-state index in [9.17, 15) is 0 Å². The van der Waals surface area contributed by atoms with Gasteiger partial charge < -0.3 is 9.64 Å². The van der Waals surface area contributed by atoms with Crippen molar-refractivity contribution in [3.05, 3.63) is 222 Å². The van der Waals surface area contributed by atoms with Gasteiger partial charge in [0.1, 0.15) is 0 Å². The Hall–Kier alpha value is -7.56. The molecule has 1 spiro atoms. The van der Waals surface area contributed by atoms with Gasteiger partial charge in [0.15, 0.2) is 17.3 Å². The summed E-state index contributed by atoms with van der Waals surface area (Å²) >= 11 is 0. The molecule has 0 saturated carbocycles. The number of aromatic nitrogens is 2. The van der Waals surface area contributed by atoms with Crippen molar-refractivity contribution in [1.29, 1.82) is 0 Å². The van der Waals surface area contributed by atoms with E-state index in [4.69, 9.17) is 14.7 Å². The van der Waals surface area contributed by atoms with Gasteiger partial charge in [0.2, 0.25) is 0 Å². The average molecular weight is 728 g/mol. The molecule has 0 N–H and O–H groups in total. The molecule has 12 rings (SSSR count). The largest absolute Gasteiger partial charge is 0.453 e. The second kappa shape index (κ2) is 12.2.